The van der Waals surface area contributed by atoms with E-state index in [4.69, 9.17) is 0 Å². The molecule has 2 N–H and O–H groups in total. The van der Waals surface area contributed by atoms with Crippen LogP contribution in [0.15, 0.2) is 97.1 Å². The van der Waals surface area contributed by atoms with E-state index in [1.807, 2.05) is 12.1 Å². The van der Waals surface area contributed by atoms with Crippen molar-refractivity contribution < 1.29 is 19.5 Å². The number of piperazine rings is 1. The molecule has 9 nitrogen and oxygen atoms in total. The summed E-state index contributed by atoms with van der Waals surface area (Å²) in [4.78, 5) is 46.5. The summed E-state index contributed by atoms with van der Waals surface area (Å²) in [5.74, 6) is 0.197. The zero-order valence-corrected chi connectivity index (χ0v) is 33.9. The van der Waals surface area contributed by atoms with E-state index in [2.05, 4.69) is 99.7 Å². The van der Waals surface area contributed by atoms with Crippen LogP contribution in [0.3, 0.4) is 0 Å². The summed E-state index contributed by atoms with van der Waals surface area (Å²) >= 11 is 0. The van der Waals surface area contributed by atoms with Gasteiger partial charge in [-0.2, -0.15) is 0 Å². The molecule has 0 aromatic heterocycles. The predicted molar refractivity (Wildman–Crippen MR) is 232 cm³/mol. The molecule has 4 aliphatic rings. The van der Waals surface area contributed by atoms with Gasteiger partial charge in [-0.1, -0.05) is 80.8 Å². The van der Waals surface area contributed by atoms with Gasteiger partial charge in [-0.05, 0) is 114 Å². The summed E-state index contributed by atoms with van der Waals surface area (Å²) in [5, 5.41) is 12.5. The van der Waals surface area contributed by atoms with Crippen molar-refractivity contribution in [1.82, 2.24) is 15.1 Å². The summed E-state index contributed by atoms with van der Waals surface area (Å²) < 4.78 is 0. The summed E-state index contributed by atoms with van der Waals surface area (Å²) in [6.07, 6.45) is 8.83. The number of fused-ring (bicyclic) bond motifs is 1. The van der Waals surface area contributed by atoms with Crippen molar-refractivity contribution in [3.8, 4) is 5.75 Å². The van der Waals surface area contributed by atoms with Crippen molar-refractivity contribution >= 4 is 40.2 Å². The Hall–Kier alpha value is -5.41. The van der Waals surface area contributed by atoms with Gasteiger partial charge in [-0.15, -0.1) is 0 Å². The zero-order chi connectivity index (χ0) is 40.0. The summed E-state index contributed by atoms with van der Waals surface area (Å²) in [6, 6.07) is 33.2. The first-order valence-electron chi connectivity index (χ1n) is 21.5. The predicted octanol–water partition coefficient (Wildman–Crippen LogP) is 8.12. The number of hydrogen-bond acceptors (Lipinski definition) is 7. The summed E-state index contributed by atoms with van der Waals surface area (Å²) in [5.41, 5.74) is 10.2. The number of allylic oxidation sites excluding steroid dienone is 1. The number of carbonyl (C=O) groups is 3. The van der Waals surface area contributed by atoms with Crippen molar-refractivity contribution in [3.63, 3.8) is 0 Å². The lowest BCUT2D eigenvalue weighted by atomic mass is 9.86. The van der Waals surface area contributed by atoms with Gasteiger partial charge in [0.1, 0.15) is 11.8 Å². The molecule has 1 atom stereocenters. The number of unbranched alkanes of at least 4 members (excludes halogenated alkanes) is 3. The molecule has 3 saturated heterocycles. The molecule has 9 heteroatoms. The van der Waals surface area contributed by atoms with Gasteiger partial charge in [0.05, 0.1) is 0 Å². The standard InChI is InChI=1S/C49H57N5O4/c1-2-3-4-8-11-43(36-9-6-5-7-10-36)47(38-14-19-42(55)20-15-38)37-12-16-40(17-13-37)52-26-24-35(25-27-52)33-51-28-30-53(31-29-51)41-18-21-44-39(32-41)34-54(49(44)58)45-22-23-46(56)50-48(45)57/h5-7,9-10,12-21,32,35,45,55H,2-4,8,11,22-31,33-34H2,1H3,(H,50,56,57)/b47-43+. The van der Waals surface area contributed by atoms with Gasteiger partial charge in [0, 0.05) is 75.7 Å². The van der Waals surface area contributed by atoms with Crippen LogP contribution in [-0.2, 0) is 16.1 Å². The van der Waals surface area contributed by atoms with E-state index < -0.39 is 6.04 Å². The smallest absolute Gasteiger partial charge is 0.255 e. The Kier molecular flexibility index (Phi) is 12.2. The number of nitrogens with one attached hydrogen (secondary N) is 1. The largest absolute Gasteiger partial charge is 0.508 e. The Morgan fingerprint density at radius 1 is 0.707 bits per heavy atom. The summed E-state index contributed by atoms with van der Waals surface area (Å²) in [6.45, 7) is 9.82. The number of piperidine rings is 2. The number of phenolic OH excluding ortho intramolecular Hbond substituents is 1. The van der Waals surface area contributed by atoms with E-state index in [0.29, 0.717) is 24.4 Å². The van der Waals surface area contributed by atoms with Gasteiger partial charge in [-0.25, -0.2) is 0 Å². The number of hydrogen-bond donors (Lipinski definition) is 2. The van der Waals surface area contributed by atoms with Gasteiger partial charge < -0.3 is 19.8 Å². The van der Waals surface area contributed by atoms with Crippen molar-refractivity contribution in [2.45, 2.75) is 77.3 Å². The Morgan fingerprint density at radius 2 is 1.38 bits per heavy atom. The van der Waals surface area contributed by atoms with Crippen LogP contribution in [0.4, 0.5) is 11.4 Å². The number of rotatable bonds is 13. The number of carbonyl (C=O) groups excluding carboxylic acids is 3. The Balaban J connectivity index is 0.865. The lowest BCUT2D eigenvalue weighted by Gasteiger charge is -2.40. The van der Waals surface area contributed by atoms with Crippen LogP contribution in [0.1, 0.15) is 97.3 Å². The van der Waals surface area contributed by atoms with E-state index in [1.54, 1.807) is 17.0 Å². The van der Waals surface area contributed by atoms with E-state index in [9.17, 15) is 19.5 Å². The number of aromatic hydroxyl groups is 1. The number of nitrogens with zero attached hydrogens (tertiary/aromatic N) is 4. The second-order valence-corrected chi connectivity index (χ2v) is 16.6. The molecule has 0 aliphatic carbocycles. The fourth-order valence-electron chi connectivity index (χ4n) is 9.45. The molecule has 302 valence electrons. The molecule has 4 aliphatic heterocycles. The van der Waals surface area contributed by atoms with Gasteiger partial charge in [0.15, 0.2) is 0 Å². The number of amides is 3. The normalized spacial score (nSPS) is 19.6. The molecule has 4 aromatic carbocycles. The maximum Gasteiger partial charge on any atom is 0.255 e. The maximum atomic E-state index is 13.2. The average molecular weight is 780 g/mol. The Labute approximate surface area is 343 Å². The molecule has 0 bridgehead atoms. The molecular weight excluding hydrogens is 723 g/mol. The number of benzene rings is 4. The summed E-state index contributed by atoms with van der Waals surface area (Å²) in [7, 11) is 0. The monoisotopic (exact) mass is 779 g/mol. The Morgan fingerprint density at radius 3 is 2.07 bits per heavy atom. The third-order valence-corrected chi connectivity index (χ3v) is 12.8. The molecule has 1 unspecified atom stereocenters. The van der Waals surface area contributed by atoms with Gasteiger partial charge in [-0.3, -0.25) is 24.6 Å². The molecule has 4 heterocycles. The Bertz CT molecular complexity index is 2100. The highest BCUT2D eigenvalue weighted by molar-refractivity contribution is 6.05. The van der Waals surface area contributed by atoms with E-state index in [1.165, 1.54) is 60.1 Å². The molecular formula is C49H57N5O4. The minimum atomic E-state index is -0.589. The molecule has 0 spiro atoms. The lowest BCUT2D eigenvalue weighted by Crippen LogP contribution is -2.52. The number of phenols is 1. The topological polar surface area (TPSA) is 96.4 Å². The average Bonchev–Trinajstić information content (AvgIpc) is 3.58. The van der Waals surface area contributed by atoms with Crippen LogP contribution < -0.4 is 15.1 Å². The minimum Gasteiger partial charge on any atom is -0.508 e. The van der Waals surface area contributed by atoms with Crippen LogP contribution in [0.5, 0.6) is 5.75 Å². The zero-order valence-electron chi connectivity index (χ0n) is 33.9. The van der Waals surface area contributed by atoms with Gasteiger partial charge >= 0.3 is 0 Å². The van der Waals surface area contributed by atoms with Crippen LogP contribution in [0, 0.1) is 5.92 Å². The third-order valence-electron chi connectivity index (χ3n) is 12.8. The van der Waals surface area contributed by atoms with Crippen LogP contribution >= 0.6 is 0 Å². The maximum absolute atomic E-state index is 13.2. The highest BCUT2D eigenvalue weighted by atomic mass is 16.3. The number of anilines is 2. The van der Waals surface area contributed by atoms with Crippen molar-refractivity contribution in [2.75, 3.05) is 55.6 Å². The van der Waals surface area contributed by atoms with Gasteiger partial charge in [0.2, 0.25) is 11.8 Å². The fourth-order valence-corrected chi connectivity index (χ4v) is 9.45. The molecule has 4 aromatic rings. The third kappa shape index (κ3) is 8.85. The van der Waals surface area contributed by atoms with Crippen LogP contribution in [0.25, 0.3) is 11.1 Å². The molecule has 0 saturated carbocycles. The quantitative estimate of drug-likeness (QED) is 0.0805. The molecule has 3 amide bonds. The number of imide groups is 1. The van der Waals surface area contributed by atoms with Crippen LogP contribution in [0.2, 0.25) is 0 Å². The SMILES string of the molecule is CCCCCC/C(=C(\c1ccc(O)cc1)c1ccc(N2CCC(CN3CCN(c4ccc5c(c4)CN(C4CCC(=O)NC4=O)C5=O)CC3)CC2)cc1)c1ccccc1. The minimum absolute atomic E-state index is 0.123. The van der Waals surface area contributed by atoms with E-state index in [-0.39, 0.29) is 29.9 Å². The van der Waals surface area contributed by atoms with Crippen LogP contribution in [-0.4, -0.2) is 84.5 Å². The van der Waals surface area contributed by atoms with E-state index in [0.717, 1.165) is 75.5 Å². The first-order valence-corrected chi connectivity index (χ1v) is 21.5. The van der Waals surface area contributed by atoms with Crippen molar-refractivity contribution in [3.05, 3.63) is 125 Å². The fraction of sp³-hybridized carbons (Fsp3) is 0.408. The first kappa shape index (κ1) is 39.4. The lowest BCUT2D eigenvalue weighted by molar-refractivity contribution is -0.136. The molecule has 3 fully saturated rings. The molecule has 58 heavy (non-hydrogen) atoms. The molecule has 8 rings (SSSR count). The second kappa shape index (κ2) is 18.0. The second-order valence-electron chi connectivity index (χ2n) is 16.6. The van der Waals surface area contributed by atoms with E-state index >= 15 is 0 Å². The van der Waals surface area contributed by atoms with Crippen molar-refractivity contribution in [2.24, 2.45) is 5.92 Å². The highest BCUT2D eigenvalue weighted by Gasteiger charge is 2.39. The highest BCUT2D eigenvalue weighted by Crippen LogP contribution is 2.38. The van der Waals surface area contributed by atoms with Crippen molar-refractivity contribution in [1.29, 1.82) is 0 Å². The first-order chi connectivity index (χ1) is 28.3. The van der Waals surface area contributed by atoms with Gasteiger partial charge in [0.25, 0.3) is 5.91 Å². The molecule has 0 radical (unpaired) electrons.